The molecule has 2 aliphatic heterocycles. The highest BCUT2D eigenvalue weighted by molar-refractivity contribution is 6.33. The summed E-state index contributed by atoms with van der Waals surface area (Å²) in [6, 6.07) is 15.7. The molecule has 1 fully saturated rings. The summed E-state index contributed by atoms with van der Waals surface area (Å²) in [5.41, 5.74) is 3.75. The fraction of sp³-hybridized carbons (Fsp3) is 0.350. The fourth-order valence-electron chi connectivity index (χ4n) is 4.01. The fourth-order valence-corrected chi connectivity index (χ4v) is 4.48. The summed E-state index contributed by atoms with van der Waals surface area (Å²) in [5, 5.41) is 0.967. The van der Waals surface area contributed by atoms with Crippen LogP contribution in [0.1, 0.15) is 36.8 Å². The zero-order valence-corrected chi connectivity index (χ0v) is 15.0. The summed E-state index contributed by atoms with van der Waals surface area (Å²) in [6.45, 7) is 1.02. The van der Waals surface area contributed by atoms with E-state index in [-0.39, 0.29) is 0 Å². The van der Waals surface area contributed by atoms with Gasteiger partial charge in [-0.25, -0.2) is 4.98 Å². The van der Waals surface area contributed by atoms with Crippen LogP contribution in [0.15, 0.2) is 48.5 Å². The Morgan fingerprint density at radius 2 is 1.88 bits per heavy atom. The lowest BCUT2D eigenvalue weighted by Gasteiger charge is -2.45. The van der Waals surface area contributed by atoms with E-state index in [1.165, 1.54) is 30.4 Å². The van der Waals surface area contributed by atoms with Crippen molar-refractivity contribution >= 4 is 28.8 Å². The van der Waals surface area contributed by atoms with Gasteiger partial charge in [-0.3, -0.25) is 4.90 Å². The normalized spacial score (nSPS) is 23.8. The van der Waals surface area contributed by atoms with Crippen molar-refractivity contribution in [1.82, 2.24) is 9.88 Å². The zero-order chi connectivity index (χ0) is 16.5. The molecule has 1 aromatic heterocycles. The first-order valence-electron chi connectivity index (χ1n) is 8.53. The Kier molecular flexibility index (Phi) is 4.62. The second kappa shape index (κ2) is 6.87. The third kappa shape index (κ3) is 3.23. The largest absolute Gasteiger partial charge is 0.289 e. The lowest BCUT2D eigenvalue weighted by Crippen LogP contribution is -2.47. The van der Waals surface area contributed by atoms with E-state index in [0.717, 1.165) is 18.5 Å². The van der Waals surface area contributed by atoms with E-state index >= 15 is 0 Å². The lowest BCUT2D eigenvalue weighted by molar-refractivity contribution is 0.0951. The van der Waals surface area contributed by atoms with E-state index < -0.39 is 0 Å². The molecule has 2 bridgehead atoms. The molecule has 1 aromatic carbocycles. The van der Waals surface area contributed by atoms with Crippen LogP contribution in [0, 0.1) is 0 Å². The summed E-state index contributed by atoms with van der Waals surface area (Å²) in [7, 11) is 0. The molecule has 4 heteroatoms. The number of hydrogen-bond acceptors (Lipinski definition) is 2. The van der Waals surface area contributed by atoms with Crippen molar-refractivity contribution in [3.8, 4) is 0 Å². The van der Waals surface area contributed by atoms with Crippen molar-refractivity contribution < 1.29 is 0 Å². The van der Waals surface area contributed by atoms with Gasteiger partial charge >= 0.3 is 0 Å². The molecule has 2 aromatic rings. The molecule has 2 unspecified atom stereocenters. The number of pyridine rings is 1. The second-order valence-electron chi connectivity index (χ2n) is 6.68. The van der Waals surface area contributed by atoms with Crippen molar-refractivity contribution in [3.05, 3.63) is 70.0 Å². The summed E-state index contributed by atoms with van der Waals surface area (Å²) in [4.78, 5) is 6.86. The highest BCUT2D eigenvalue weighted by atomic mass is 35.5. The first-order valence-corrected chi connectivity index (χ1v) is 9.29. The molecule has 2 nitrogen and oxygen atoms in total. The van der Waals surface area contributed by atoms with Gasteiger partial charge in [0, 0.05) is 24.2 Å². The molecular weight excluding hydrogens is 339 g/mol. The van der Waals surface area contributed by atoms with E-state index in [1.807, 2.05) is 12.1 Å². The Labute approximate surface area is 153 Å². The molecule has 1 saturated heterocycles. The summed E-state index contributed by atoms with van der Waals surface area (Å²) in [5.74, 6) is 0. The number of fused-ring (bicyclic) bond motifs is 2. The molecule has 0 N–H and O–H groups in total. The van der Waals surface area contributed by atoms with Gasteiger partial charge in [0.2, 0.25) is 0 Å². The first-order chi connectivity index (χ1) is 11.7. The van der Waals surface area contributed by atoms with Gasteiger partial charge in [0.05, 0.1) is 0 Å². The van der Waals surface area contributed by atoms with Gasteiger partial charge in [-0.05, 0) is 42.5 Å². The van der Waals surface area contributed by atoms with Crippen LogP contribution in [0.4, 0.5) is 0 Å². The van der Waals surface area contributed by atoms with Crippen molar-refractivity contribution in [2.75, 3.05) is 0 Å². The molecule has 2 atom stereocenters. The molecule has 3 heterocycles. The molecule has 24 heavy (non-hydrogen) atoms. The quantitative estimate of drug-likeness (QED) is 0.663. The molecule has 0 aliphatic carbocycles. The van der Waals surface area contributed by atoms with Crippen LogP contribution in [0.3, 0.4) is 0 Å². The van der Waals surface area contributed by atoms with Crippen LogP contribution >= 0.6 is 23.2 Å². The minimum absolute atomic E-state index is 0.450. The van der Waals surface area contributed by atoms with Gasteiger partial charge < -0.3 is 0 Å². The smallest absolute Gasteiger partial charge is 0.138 e. The van der Waals surface area contributed by atoms with Gasteiger partial charge in [0.1, 0.15) is 10.3 Å². The zero-order valence-electron chi connectivity index (χ0n) is 13.5. The minimum atomic E-state index is 0.450. The van der Waals surface area contributed by atoms with Gasteiger partial charge in [0.25, 0.3) is 0 Å². The summed E-state index contributed by atoms with van der Waals surface area (Å²) in [6.07, 6.45) is 7.20. The molecular formula is C20H20Cl2N2. The molecule has 0 amide bonds. The topological polar surface area (TPSA) is 16.1 Å². The number of rotatable bonds is 3. The third-order valence-corrected chi connectivity index (χ3v) is 5.65. The van der Waals surface area contributed by atoms with Crippen molar-refractivity contribution in [2.45, 2.75) is 44.3 Å². The molecule has 0 radical (unpaired) electrons. The molecule has 124 valence electrons. The lowest BCUT2D eigenvalue weighted by atomic mass is 9.83. The number of hydrogen-bond donors (Lipinski definition) is 0. The van der Waals surface area contributed by atoms with Crippen LogP contribution in [0.2, 0.25) is 10.3 Å². The highest BCUT2D eigenvalue weighted by Gasteiger charge is 2.34. The van der Waals surface area contributed by atoms with Crippen LogP contribution in [-0.4, -0.2) is 22.0 Å². The van der Waals surface area contributed by atoms with E-state index in [4.69, 9.17) is 23.2 Å². The monoisotopic (exact) mass is 358 g/mol. The molecule has 0 saturated carbocycles. The third-order valence-electron chi connectivity index (χ3n) is 5.15. The number of aromatic nitrogens is 1. The summed E-state index contributed by atoms with van der Waals surface area (Å²) >= 11 is 12.3. The Morgan fingerprint density at radius 3 is 2.62 bits per heavy atom. The van der Waals surface area contributed by atoms with Crippen molar-refractivity contribution in [3.63, 3.8) is 0 Å². The Morgan fingerprint density at radius 1 is 1.04 bits per heavy atom. The van der Waals surface area contributed by atoms with Crippen LogP contribution < -0.4 is 0 Å². The summed E-state index contributed by atoms with van der Waals surface area (Å²) < 4.78 is 0. The highest BCUT2D eigenvalue weighted by Crippen LogP contribution is 2.39. The first kappa shape index (κ1) is 16.1. The second-order valence-corrected chi connectivity index (χ2v) is 7.42. The van der Waals surface area contributed by atoms with E-state index in [9.17, 15) is 0 Å². The predicted molar refractivity (Wildman–Crippen MR) is 100 cm³/mol. The van der Waals surface area contributed by atoms with Gasteiger partial charge in [-0.1, -0.05) is 66.0 Å². The van der Waals surface area contributed by atoms with Gasteiger partial charge in [0.15, 0.2) is 0 Å². The number of piperidine rings is 1. The van der Waals surface area contributed by atoms with Crippen LogP contribution in [-0.2, 0) is 6.54 Å². The van der Waals surface area contributed by atoms with Gasteiger partial charge in [-0.15, -0.1) is 0 Å². The van der Waals surface area contributed by atoms with Crippen LogP contribution in [0.25, 0.3) is 5.57 Å². The maximum absolute atomic E-state index is 6.34. The van der Waals surface area contributed by atoms with Crippen molar-refractivity contribution in [1.29, 1.82) is 0 Å². The number of halogens is 2. The van der Waals surface area contributed by atoms with E-state index in [0.29, 0.717) is 22.4 Å². The van der Waals surface area contributed by atoms with E-state index in [2.05, 4.69) is 46.3 Å². The minimum Gasteiger partial charge on any atom is -0.289 e. The molecule has 2 aliphatic rings. The molecule has 0 spiro atoms. The predicted octanol–water partition coefficient (Wildman–Crippen LogP) is 5.60. The SMILES string of the molecule is Clc1ccc(C2=CC3CCCC(C2)N3Cc2ccccc2)c(Cl)n1. The maximum Gasteiger partial charge on any atom is 0.138 e. The van der Waals surface area contributed by atoms with Crippen LogP contribution in [0.5, 0.6) is 0 Å². The van der Waals surface area contributed by atoms with Crippen molar-refractivity contribution in [2.24, 2.45) is 0 Å². The maximum atomic E-state index is 6.34. The van der Waals surface area contributed by atoms with Gasteiger partial charge in [-0.2, -0.15) is 0 Å². The average Bonchev–Trinajstić information content (AvgIpc) is 2.56. The number of nitrogens with zero attached hydrogens (tertiary/aromatic N) is 2. The Hall–Kier alpha value is -1.35. The Balaban J connectivity index is 1.62. The standard InChI is InChI=1S/C20H20Cl2N2/c21-19-10-9-18(20(22)23-19)15-11-16-7-4-8-17(12-15)24(16)13-14-5-2-1-3-6-14/h1-3,5-6,9-11,16-17H,4,7-8,12-13H2. The molecule has 4 rings (SSSR count). The Bertz CT molecular complexity index is 757. The number of benzene rings is 1. The average molecular weight is 359 g/mol. The van der Waals surface area contributed by atoms with E-state index in [1.54, 1.807) is 0 Å².